The number of thiophene rings is 1. The predicted molar refractivity (Wildman–Crippen MR) is 104 cm³/mol. The number of amides is 3. The lowest BCUT2D eigenvalue weighted by molar-refractivity contribution is 0.103. The van der Waals surface area contributed by atoms with Crippen LogP contribution in [0.5, 0.6) is 0 Å². The van der Waals surface area contributed by atoms with E-state index >= 15 is 0 Å². The average Bonchev–Trinajstić information content (AvgIpc) is 3.18. The summed E-state index contributed by atoms with van der Waals surface area (Å²) in [4.78, 5) is 28.8. The molecule has 0 saturated carbocycles. The summed E-state index contributed by atoms with van der Waals surface area (Å²) in [6.07, 6.45) is 4.20. The van der Waals surface area contributed by atoms with E-state index < -0.39 is 0 Å². The molecule has 0 unspecified atom stereocenters. The van der Waals surface area contributed by atoms with E-state index in [4.69, 9.17) is 0 Å². The largest absolute Gasteiger partial charge is 0.338 e. The molecule has 0 aliphatic heterocycles. The van der Waals surface area contributed by atoms with Crippen LogP contribution in [0.25, 0.3) is 0 Å². The highest BCUT2D eigenvalue weighted by Crippen LogP contribution is 2.17. The number of nitrogens with zero attached hydrogens (tertiary/aromatic N) is 1. The van der Waals surface area contributed by atoms with Crippen molar-refractivity contribution < 1.29 is 9.59 Å². The van der Waals surface area contributed by atoms with Gasteiger partial charge in [0.25, 0.3) is 5.91 Å². The van der Waals surface area contributed by atoms with Crippen LogP contribution in [0.4, 0.5) is 16.2 Å². The van der Waals surface area contributed by atoms with Crippen LogP contribution >= 0.6 is 11.3 Å². The second-order valence-corrected chi connectivity index (χ2v) is 6.45. The lowest BCUT2D eigenvalue weighted by Gasteiger charge is -2.09. The summed E-state index contributed by atoms with van der Waals surface area (Å²) in [5, 5.41) is 10.2. The Hall–Kier alpha value is -3.19. The van der Waals surface area contributed by atoms with Crippen molar-refractivity contribution >= 4 is 34.6 Å². The van der Waals surface area contributed by atoms with Crippen LogP contribution in [0.3, 0.4) is 0 Å². The Labute approximate surface area is 155 Å². The van der Waals surface area contributed by atoms with Crippen molar-refractivity contribution in [1.29, 1.82) is 0 Å². The van der Waals surface area contributed by atoms with Crippen LogP contribution in [-0.2, 0) is 6.42 Å². The van der Waals surface area contributed by atoms with Gasteiger partial charge in [0.05, 0.1) is 4.88 Å². The highest BCUT2D eigenvalue weighted by Gasteiger charge is 2.08. The van der Waals surface area contributed by atoms with E-state index in [0.717, 1.165) is 5.56 Å². The minimum Gasteiger partial charge on any atom is -0.338 e. The van der Waals surface area contributed by atoms with Gasteiger partial charge in [-0.2, -0.15) is 0 Å². The van der Waals surface area contributed by atoms with Crippen molar-refractivity contribution in [2.45, 2.75) is 6.42 Å². The molecule has 26 heavy (non-hydrogen) atoms. The second kappa shape index (κ2) is 8.77. The molecule has 3 aromatic rings. The number of aromatic nitrogens is 1. The number of carbonyl (C=O) groups excluding carboxylic acids is 2. The number of rotatable bonds is 6. The maximum absolute atomic E-state index is 12.1. The lowest BCUT2D eigenvalue weighted by atomic mass is 10.2. The van der Waals surface area contributed by atoms with E-state index in [1.807, 2.05) is 23.6 Å². The summed E-state index contributed by atoms with van der Waals surface area (Å²) in [5.74, 6) is -0.168. The molecule has 0 aliphatic rings. The molecule has 3 rings (SSSR count). The number of urea groups is 1. The van der Waals surface area contributed by atoms with Gasteiger partial charge >= 0.3 is 6.03 Å². The van der Waals surface area contributed by atoms with Crippen molar-refractivity contribution in [2.24, 2.45) is 0 Å². The molecule has 0 saturated heterocycles. The molecule has 132 valence electrons. The summed E-state index contributed by atoms with van der Waals surface area (Å²) in [6.45, 7) is 0.506. The topological polar surface area (TPSA) is 83.1 Å². The molecule has 0 fully saturated rings. The number of carbonyl (C=O) groups is 2. The summed E-state index contributed by atoms with van der Waals surface area (Å²) in [6, 6.07) is 14.2. The first-order valence-corrected chi connectivity index (χ1v) is 8.97. The molecule has 0 bridgehead atoms. The van der Waals surface area contributed by atoms with Crippen LogP contribution < -0.4 is 16.0 Å². The Morgan fingerprint density at radius 1 is 1.00 bits per heavy atom. The van der Waals surface area contributed by atoms with Crippen LogP contribution in [-0.4, -0.2) is 23.5 Å². The fourth-order valence-electron chi connectivity index (χ4n) is 2.32. The second-order valence-electron chi connectivity index (χ2n) is 5.50. The monoisotopic (exact) mass is 366 g/mol. The minimum atomic E-state index is -0.296. The number of nitrogens with one attached hydrogen (secondary N) is 3. The van der Waals surface area contributed by atoms with E-state index in [0.29, 0.717) is 29.2 Å². The summed E-state index contributed by atoms with van der Waals surface area (Å²) >= 11 is 1.38. The van der Waals surface area contributed by atoms with Crippen LogP contribution in [0.1, 0.15) is 15.2 Å². The molecule has 6 nitrogen and oxygen atoms in total. The summed E-state index contributed by atoms with van der Waals surface area (Å²) in [7, 11) is 0. The zero-order valence-corrected chi connectivity index (χ0v) is 14.8. The van der Waals surface area contributed by atoms with Crippen molar-refractivity contribution in [3.8, 4) is 0 Å². The number of hydrogen-bond donors (Lipinski definition) is 3. The van der Waals surface area contributed by atoms with Crippen molar-refractivity contribution in [3.63, 3.8) is 0 Å². The van der Waals surface area contributed by atoms with E-state index in [1.54, 1.807) is 42.7 Å². The van der Waals surface area contributed by atoms with Gasteiger partial charge < -0.3 is 16.0 Å². The normalized spacial score (nSPS) is 10.2. The van der Waals surface area contributed by atoms with E-state index in [-0.39, 0.29) is 11.9 Å². The van der Waals surface area contributed by atoms with Crippen LogP contribution in [0, 0.1) is 0 Å². The van der Waals surface area contributed by atoms with Gasteiger partial charge in [0, 0.05) is 30.3 Å². The first kappa shape index (κ1) is 17.6. The smallest absolute Gasteiger partial charge is 0.319 e. The summed E-state index contributed by atoms with van der Waals surface area (Å²) in [5.41, 5.74) is 2.29. The molecular weight excluding hydrogens is 348 g/mol. The molecule has 2 heterocycles. The molecule has 0 aliphatic carbocycles. The van der Waals surface area contributed by atoms with E-state index in [9.17, 15) is 9.59 Å². The standard InChI is InChI=1S/C19H18N4O2S/c24-18(17-7-3-11-26-17)22-15-5-1-6-16(12-15)23-19(25)21-10-8-14-4-2-9-20-13-14/h1-7,9,11-13H,8,10H2,(H,22,24)(H2,21,23,25). The van der Waals surface area contributed by atoms with E-state index in [2.05, 4.69) is 20.9 Å². The third-order valence-corrected chi connectivity index (χ3v) is 4.41. The Morgan fingerprint density at radius 3 is 2.58 bits per heavy atom. The Balaban J connectivity index is 1.50. The zero-order valence-electron chi connectivity index (χ0n) is 13.9. The molecule has 2 aromatic heterocycles. The molecule has 1 aromatic carbocycles. The summed E-state index contributed by atoms with van der Waals surface area (Å²) < 4.78 is 0. The third kappa shape index (κ3) is 5.15. The van der Waals surface area contributed by atoms with Crippen molar-refractivity contribution in [2.75, 3.05) is 17.2 Å². The minimum absolute atomic E-state index is 0.168. The quantitative estimate of drug-likeness (QED) is 0.621. The van der Waals surface area contributed by atoms with E-state index in [1.165, 1.54) is 11.3 Å². The molecule has 0 atom stereocenters. The van der Waals surface area contributed by atoms with Gasteiger partial charge in [-0.25, -0.2) is 4.79 Å². The fourth-order valence-corrected chi connectivity index (χ4v) is 2.94. The maximum atomic E-state index is 12.1. The number of pyridine rings is 1. The first-order valence-electron chi connectivity index (χ1n) is 8.09. The van der Waals surface area contributed by atoms with Crippen molar-refractivity contribution in [3.05, 3.63) is 76.7 Å². The van der Waals surface area contributed by atoms with Gasteiger partial charge in [-0.15, -0.1) is 11.3 Å². The van der Waals surface area contributed by atoms with Gasteiger partial charge in [0.1, 0.15) is 0 Å². The number of anilines is 2. The first-order chi connectivity index (χ1) is 12.7. The van der Waals surface area contributed by atoms with Gasteiger partial charge in [-0.3, -0.25) is 9.78 Å². The van der Waals surface area contributed by atoms with Gasteiger partial charge in [-0.1, -0.05) is 18.2 Å². The van der Waals surface area contributed by atoms with Gasteiger partial charge in [0.2, 0.25) is 0 Å². The van der Waals surface area contributed by atoms with Crippen LogP contribution in [0.15, 0.2) is 66.3 Å². The molecule has 3 amide bonds. The highest BCUT2D eigenvalue weighted by molar-refractivity contribution is 7.12. The zero-order chi connectivity index (χ0) is 18.2. The van der Waals surface area contributed by atoms with Gasteiger partial charge in [0.15, 0.2) is 0 Å². The number of benzene rings is 1. The molecule has 0 radical (unpaired) electrons. The van der Waals surface area contributed by atoms with Crippen molar-refractivity contribution in [1.82, 2.24) is 10.3 Å². The fraction of sp³-hybridized carbons (Fsp3) is 0.105. The van der Waals surface area contributed by atoms with Crippen LogP contribution in [0.2, 0.25) is 0 Å². The molecule has 3 N–H and O–H groups in total. The Morgan fingerprint density at radius 2 is 1.85 bits per heavy atom. The Bertz CT molecular complexity index is 866. The molecular formula is C19H18N4O2S. The Kier molecular flexibility index (Phi) is 5.95. The SMILES string of the molecule is O=C(NCCc1cccnc1)Nc1cccc(NC(=O)c2cccs2)c1. The lowest BCUT2D eigenvalue weighted by Crippen LogP contribution is -2.30. The predicted octanol–water partition coefficient (Wildman–Crippen LogP) is 3.76. The number of hydrogen-bond acceptors (Lipinski definition) is 4. The molecule has 0 spiro atoms. The third-order valence-electron chi connectivity index (χ3n) is 3.55. The molecule has 7 heteroatoms. The maximum Gasteiger partial charge on any atom is 0.319 e. The highest BCUT2D eigenvalue weighted by atomic mass is 32.1. The average molecular weight is 366 g/mol. The van der Waals surface area contributed by atoms with Gasteiger partial charge in [-0.05, 0) is 47.7 Å².